The molecule has 2 aliphatic carbocycles. The van der Waals surface area contributed by atoms with Crippen LogP contribution in [0, 0.1) is 17.8 Å². The first kappa shape index (κ1) is 25.5. The van der Waals surface area contributed by atoms with Crippen molar-refractivity contribution >= 4 is 17.4 Å². The van der Waals surface area contributed by atoms with Crippen molar-refractivity contribution in [2.45, 2.75) is 57.4 Å². The van der Waals surface area contributed by atoms with Gasteiger partial charge in [-0.05, 0) is 68.4 Å². The number of rotatable bonds is 4. The van der Waals surface area contributed by atoms with Gasteiger partial charge in [-0.2, -0.15) is 0 Å². The molecule has 0 saturated heterocycles. The fourth-order valence-electron chi connectivity index (χ4n) is 6.65. The number of hydrogen-bond acceptors (Lipinski definition) is 6. The van der Waals surface area contributed by atoms with E-state index in [1.165, 1.54) is 24.1 Å². The molecule has 0 spiro atoms. The number of hydrogen-bond donors (Lipinski definition) is 1. The molecule has 1 fully saturated rings. The summed E-state index contributed by atoms with van der Waals surface area (Å²) < 4.78 is 6.15. The number of allylic oxidation sites excluding steroid dienone is 1. The van der Waals surface area contributed by atoms with Gasteiger partial charge in [0.2, 0.25) is 0 Å². The summed E-state index contributed by atoms with van der Waals surface area (Å²) in [5.74, 6) is 6.83. The number of nitrogens with zero attached hydrogens (tertiary/aromatic N) is 3. The van der Waals surface area contributed by atoms with E-state index in [0.717, 1.165) is 61.9 Å². The predicted octanol–water partition coefficient (Wildman–Crippen LogP) is 4.31. The minimum Gasteiger partial charge on any atom is -0.489 e. The van der Waals surface area contributed by atoms with Crippen LogP contribution in [0.1, 0.15) is 72.9 Å². The van der Waals surface area contributed by atoms with E-state index in [2.05, 4.69) is 38.0 Å². The van der Waals surface area contributed by atoms with Crippen LogP contribution in [0.25, 0.3) is 0 Å². The van der Waals surface area contributed by atoms with Crippen LogP contribution in [0.4, 0.5) is 5.69 Å². The summed E-state index contributed by atoms with van der Waals surface area (Å²) in [7, 11) is 2.01. The highest BCUT2D eigenvalue weighted by atomic mass is 16.5. The zero-order valence-corrected chi connectivity index (χ0v) is 22.7. The summed E-state index contributed by atoms with van der Waals surface area (Å²) >= 11 is 0. The van der Waals surface area contributed by atoms with Crippen molar-refractivity contribution in [3.8, 4) is 17.6 Å². The minimum atomic E-state index is -0.248. The molecule has 4 aliphatic rings. The van der Waals surface area contributed by atoms with Crippen LogP contribution in [0.2, 0.25) is 0 Å². The molecule has 1 aromatic carbocycles. The molecule has 2 aliphatic heterocycles. The van der Waals surface area contributed by atoms with E-state index in [1.54, 1.807) is 12.4 Å². The van der Waals surface area contributed by atoms with Crippen LogP contribution < -0.4 is 15.0 Å². The van der Waals surface area contributed by atoms with Crippen LogP contribution in [-0.2, 0) is 4.79 Å². The number of ether oxygens (including phenoxy) is 1. The molecule has 1 atom stereocenters. The van der Waals surface area contributed by atoms with Gasteiger partial charge in [0.1, 0.15) is 6.61 Å². The molecule has 1 aromatic heterocycles. The normalized spacial score (nSPS) is 21.1. The Morgan fingerprint density at radius 2 is 1.85 bits per heavy atom. The van der Waals surface area contributed by atoms with Crippen molar-refractivity contribution in [3.05, 3.63) is 64.6 Å². The molecule has 7 heteroatoms. The number of fused-ring (bicyclic) bond motifs is 1. The second-order valence-electron chi connectivity index (χ2n) is 11.1. The zero-order valence-electron chi connectivity index (χ0n) is 22.7. The van der Waals surface area contributed by atoms with Crippen molar-refractivity contribution in [1.29, 1.82) is 0 Å². The fraction of sp³-hybridized carbons (Fsp3) is 0.469. The van der Waals surface area contributed by atoms with Gasteiger partial charge in [0.25, 0.3) is 5.91 Å². The largest absolute Gasteiger partial charge is 0.489 e. The summed E-state index contributed by atoms with van der Waals surface area (Å²) in [4.78, 5) is 35.3. The topological polar surface area (TPSA) is 74.8 Å². The molecule has 6 rings (SSSR count). The highest BCUT2D eigenvalue weighted by Gasteiger charge is 2.35. The molecule has 3 heterocycles. The Hall–Kier alpha value is -3.79. The quantitative estimate of drug-likeness (QED) is 0.601. The van der Waals surface area contributed by atoms with Gasteiger partial charge in [-0.1, -0.05) is 24.7 Å². The van der Waals surface area contributed by atoms with Crippen LogP contribution >= 0.6 is 0 Å². The van der Waals surface area contributed by atoms with E-state index in [1.807, 2.05) is 25.2 Å². The van der Waals surface area contributed by atoms with E-state index >= 15 is 0 Å². The maximum Gasteiger partial charge on any atom is 0.255 e. The third-order valence-electron chi connectivity index (χ3n) is 8.61. The summed E-state index contributed by atoms with van der Waals surface area (Å²) in [5.41, 5.74) is 5.59. The summed E-state index contributed by atoms with van der Waals surface area (Å²) in [6.07, 6.45) is 12.4. The molecular formula is C32H36N4O3. The monoisotopic (exact) mass is 524 g/mol. The van der Waals surface area contributed by atoms with Crippen LogP contribution in [0.15, 0.2) is 47.9 Å². The molecule has 2 aromatic rings. The minimum absolute atomic E-state index is 0.182. The Morgan fingerprint density at radius 1 is 1.08 bits per heavy atom. The van der Waals surface area contributed by atoms with Gasteiger partial charge in [-0.3, -0.25) is 14.6 Å². The Labute approximate surface area is 230 Å². The van der Waals surface area contributed by atoms with Gasteiger partial charge in [0, 0.05) is 48.9 Å². The molecule has 202 valence electrons. The lowest BCUT2D eigenvalue weighted by Gasteiger charge is -2.38. The third kappa shape index (κ3) is 5.25. The first-order valence-corrected chi connectivity index (χ1v) is 14.3. The summed E-state index contributed by atoms with van der Waals surface area (Å²) in [5, 5.41) is 3.12. The standard InChI is InChI=1S/C32H36N4O3/c1-35-21-30(37)27(25-8-4-5-9-28(25)35)20-34-32(38)26-18-23(11-10-22-12-14-33-15-13-22)19-29-31(26)39-17-16-36(29)24-6-2-3-7-24/h12-15,18-19,24,27H,2-9,16-17,20-21H2,1H3,(H,34,38). The van der Waals surface area contributed by atoms with Crippen LogP contribution in [0.3, 0.4) is 0 Å². The Balaban J connectivity index is 1.31. The smallest absolute Gasteiger partial charge is 0.255 e. The lowest BCUT2D eigenvalue weighted by Crippen LogP contribution is -2.44. The van der Waals surface area contributed by atoms with Gasteiger partial charge in [-0.15, -0.1) is 0 Å². The highest BCUT2D eigenvalue weighted by molar-refractivity contribution is 6.00. The predicted molar refractivity (Wildman–Crippen MR) is 151 cm³/mol. The van der Waals surface area contributed by atoms with Crippen molar-refractivity contribution < 1.29 is 14.3 Å². The maximum atomic E-state index is 13.7. The van der Waals surface area contributed by atoms with Gasteiger partial charge in [0.05, 0.1) is 30.3 Å². The molecule has 7 nitrogen and oxygen atoms in total. The summed E-state index contributed by atoms with van der Waals surface area (Å²) in [6, 6.07) is 8.11. The molecule has 0 bridgehead atoms. The fourth-order valence-corrected chi connectivity index (χ4v) is 6.65. The van der Waals surface area contributed by atoms with Crippen molar-refractivity contribution in [2.75, 3.05) is 38.2 Å². The van der Waals surface area contributed by atoms with Gasteiger partial charge >= 0.3 is 0 Å². The molecule has 39 heavy (non-hydrogen) atoms. The van der Waals surface area contributed by atoms with E-state index in [0.29, 0.717) is 37.1 Å². The number of Topliss-reactive ketones (excluding diaryl/α,β-unsaturated/α-hetero) is 1. The molecule has 1 unspecified atom stereocenters. The first-order chi connectivity index (χ1) is 19.1. The Kier molecular flexibility index (Phi) is 7.28. The summed E-state index contributed by atoms with van der Waals surface area (Å²) in [6.45, 7) is 2.09. The average molecular weight is 525 g/mol. The van der Waals surface area contributed by atoms with E-state index in [-0.39, 0.29) is 17.6 Å². The number of amides is 1. The molecule has 1 amide bonds. The lowest BCUT2D eigenvalue weighted by atomic mass is 9.81. The number of likely N-dealkylation sites (N-methyl/N-ethyl adjacent to an activating group) is 1. The maximum absolute atomic E-state index is 13.7. The van der Waals surface area contributed by atoms with Crippen molar-refractivity contribution in [3.63, 3.8) is 0 Å². The molecule has 1 saturated carbocycles. The van der Waals surface area contributed by atoms with Crippen LogP contribution in [0.5, 0.6) is 5.75 Å². The number of carbonyl (C=O) groups is 2. The third-order valence-corrected chi connectivity index (χ3v) is 8.61. The van der Waals surface area contributed by atoms with E-state index in [9.17, 15) is 9.59 Å². The highest BCUT2D eigenvalue weighted by Crippen LogP contribution is 2.40. The SMILES string of the molecule is CN1CC(=O)C(CNC(=O)c2cc(C#Cc3ccncc3)cc3c2OCCN3C2CCCC2)C2=C1CCCC2. The molecule has 1 N–H and O–H groups in total. The van der Waals surface area contributed by atoms with E-state index in [4.69, 9.17) is 4.74 Å². The second kappa shape index (κ2) is 11.1. The van der Waals surface area contributed by atoms with Gasteiger partial charge in [0.15, 0.2) is 11.5 Å². The number of ketones is 1. The number of benzene rings is 1. The number of pyridine rings is 1. The first-order valence-electron chi connectivity index (χ1n) is 14.3. The van der Waals surface area contributed by atoms with Crippen LogP contribution in [-0.4, -0.2) is 60.9 Å². The number of carbonyl (C=O) groups excluding carboxylic acids is 2. The van der Waals surface area contributed by atoms with E-state index < -0.39 is 0 Å². The zero-order chi connectivity index (χ0) is 26.8. The average Bonchev–Trinajstić information content (AvgIpc) is 3.50. The number of aromatic nitrogens is 1. The molecular weight excluding hydrogens is 488 g/mol. The van der Waals surface area contributed by atoms with Gasteiger partial charge in [-0.25, -0.2) is 0 Å². The molecule has 0 radical (unpaired) electrons. The second-order valence-corrected chi connectivity index (χ2v) is 11.1. The lowest BCUT2D eigenvalue weighted by molar-refractivity contribution is -0.123. The number of anilines is 1. The van der Waals surface area contributed by atoms with Gasteiger partial charge < -0.3 is 19.9 Å². The Morgan fingerprint density at radius 3 is 2.67 bits per heavy atom. The Bertz CT molecular complexity index is 1350. The number of nitrogens with one attached hydrogen (secondary N) is 1. The van der Waals surface area contributed by atoms with Crippen molar-refractivity contribution in [1.82, 2.24) is 15.2 Å². The van der Waals surface area contributed by atoms with Crippen molar-refractivity contribution in [2.24, 2.45) is 5.92 Å².